The van der Waals surface area contributed by atoms with E-state index in [0.717, 1.165) is 24.3 Å². The second-order valence-electron chi connectivity index (χ2n) is 8.14. The molecule has 3 heterocycles. The van der Waals surface area contributed by atoms with Crippen molar-refractivity contribution in [2.75, 3.05) is 20.8 Å². The van der Waals surface area contributed by atoms with Crippen LogP contribution >= 0.6 is 11.6 Å². The van der Waals surface area contributed by atoms with Crippen LogP contribution in [0.1, 0.15) is 55.9 Å². The van der Waals surface area contributed by atoms with Crippen LogP contribution in [-0.4, -0.2) is 47.8 Å². The van der Waals surface area contributed by atoms with Gasteiger partial charge in [0.1, 0.15) is 28.9 Å². The fourth-order valence-electron chi connectivity index (χ4n) is 3.88. The molecule has 1 unspecified atom stereocenters. The Labute approximate surface area is 233 Å². The largest absolute Gasteiger partial charge is 0.388 e. The van der Waals surface area contributed by atoms with Gasteiger partial charge in [0, 0.05) is 38.4 Å². The number of benzene rings is 2. The van der Waals surface area contributed by atoms with Crippen LogP contribution in [0.25, 0.3) is 22.3 Å². The first kappa shape index (κ1) is 32.0. The van der Waals surface area contributed by atoms with Crippen LogP contribution in [0.15, 0.2) is 48.5 Å². The Morgan fingerprint density at radius 3 is 2.33 bits per heavy atom. The summed E-state index contributed by atoms with van der Waals surface area (Å²) in [5, 5.41) is 0.202. The number of aromatic nitrogens is 3. The van der Waals surface area contributed by atoms with Crippen molar-refractivity contribution in [3.63, 3.8) is 0 Å². The molecule has 1 fully saturated rings. The summed E-state index contributed by atoms with van der Waals surface area (Å²) in [4.78, 5) is 19.9. The summed E-state index contributed by atoms with van der Waals surface area (Å²) in [6, 6.07) is 12.3. The molecule has 210 valence electrons. The van der Waals surface area contributed by atoms with Gasteiger partial charge in [-0.25, -0.2) is 18.7 Å². The number of nitrogens with zero attached hydrogens (tertiary/aromatic N) is 3. The first-order chi connectivity index (χ1) is 18.9. The molecule has 0 aliphatic carbocycles. The van der Waals surface area contributed by atoms with Gasteiger partial charge in [0.05, 0.1) is 29.4 Å². The monoisotopic (exact) mass is 559 g/mol. The van der Waals surface area contributed by atoms with Crippen molar-refractivity contribution >= 4 is 28.9 Å². The lowest BCUT2D eigenvalue weighted by Crippen LogP contribution is -2.31. The van der Waals surface area contributed by atoms with Crippen LogP contribution < -0.4 is 0 Å². The maximum Gasteiger partial charge on any atom is 0.150 e. The van der Waals surface area contributed by atoms with E-state index in [4.69, 9.17) is 16.3 Å². The number of aldehydes is 1. The van der Waals surface area contributed by atoms with Gasteiger partial charge in [-0.3, -0.25) is 4.79 Å². The number of pyridine rings is 1. The van der Waals surface area contributed by atoms with Crippen molar-refractivity contribution in [2.45, 2.75) is 53.2 Å². The predicted octanol–water partition coefficient (Wildman–Crippen LogP) is 7.54. The van der Waals surface area contributed by atoms with Crippen LogP contribution in [0.2, 0.25) is 5.15 Å². The number of fused-ring (bicyclic) bond motifs is 1. The molecule has 39 heavy (non-hydrogen) atoms. The van der Waals surface area contributed by atoms with Crippen molar-refractivity contribution in [1.82, 2.24) is 14.5 Å². The van der Waals surface area contributed by atoms with Gasteiger partial charge >= 0.3 is 0 Å². The smallest absolute Gasteiger partial charge is 0.150 e. The highest BCUT2D eigenvalue weighted by Crippen LogP contribution is 2.28. The molecule has 5 rings (SSSR count). The van der Waals surface area contributed by atoms with Gasteiger partial charge in [-0.2, -0.15) is 0 Å². The van der Waals surface area contributed by atoms with Crippen LogP contribution in [0.4, 0.5) is 8.78 Å². The molecule has 1 saturated heterocycles. The van der Waals surface area contributed by atoms with Crippen LogP contribution in [0.5, 0.6) is 0 Å². The standard InChI is InChI=1S/C24H18ClF2N3O2.C2H6O.2C2H6/c25-23-3-1-2-20(28-23)17-11-18(26)15(9-19(17)27)10-24-29-21-5-4-14(13-31)8-22(21)30(24)12-16-6-7-32-16;1-3-2;2*1-2/h1-5,8-9,11,13,16H,6-7,10,12H2;1-2H3;2*1-2H3. The number of hydrogen-bond donors (Lipinski definition) is 0. The summed E-state index contributed by atoms with van der Waals surface area (Å²) in [5.74, 6) is -0.579. The highest BCUT2D eigenvalue weighted by atomic mass is 35.5. The Kier molecular flexibility index (Phi) is 13.2. The minimum atomic E-state index is -0.593. The van der Waals surface area contributed by atoms with Gasteiger partial charge in [0.2, 0.25) is 0 Å². The molecule has 1 aliphatic heterocycles. The molecule has 6 nitrogen and oxygen atoms in total. The second-order valence-corrected chi connectivity index (χ2v) is 8.53. The molecule has 0 radical (unpaired) electrons. The topological polar surface area (TPSA) is 66.2 Å². The first-order valence-electron chi connectivity index (χ1n) is 13.0. The van der Waals surface area contributed by atoms with Gasteiger partial charge < -0.3 is 14.0 Å². The van der Waals surface area contributed by atoms with E-state index < -0.39 is 11.6 Å². The van der Waals surface area contributed by atoms with Crippen LogP contribution in [0, 0.1) is 11.6 Å². The molecule has 2 aromatic carbocycles. The zero-order valence-electron chi connectivity index (χ0n) is 23.3. The van der Waals surface area contributed by atoms with Gasteiger partial charge in [0.15, 0.2) is 0 Å². The summed E-state index contributed by atoms with van der Waals surface area (Å²) >= 11 is 5.89. The van der Waals surface area contributed by atoms with E-state index in [9.17, 15) is 9.18 Å². The van der Waals surface area contributed by atoms with E-state index in [-0.39, 0.29) is 34.5 Å². The number of rotatable bonds is 6. The Balaban J connectivity index is 0.000000700. The highest BCUT2D eigenvalue weighted by molar-refractivity contribution is 6.29. The Bertz CT molecular complexity index is 1360. The Morgan fingerprint density at radius 2 is 1.74 bits per heavy atom. The molecule has 0 bridgehead atoms. The molecule has 0 N–H and O–H groups in total. The molecule has 1 aliphatic rings. The third kappa shape index (κ3) is 8.14. The maximum atomic E-state index is 15.0. The average Bonchev–Trinajstić information content (AvgIpc) is 3.26. The lowest BCUT2D eigenvalue weighted by Gasteiger charge is -2.27. The normalized spacial score (nSPS) is 13.6. The number of carbonyl (C=O) groups is 1. The third-order valence-electron chi connectivity index (χ3n) is 5.64. The lowest BCUT2D eigenvalue weighted by molar-refractivity contribution is -0.0589. The summed E-state index contributed by atoms with van der Waals surface area (Å²) in [6.45, 7) is 9.23. The van der Waals surface area contributed by atoms with Gasteiger partial charge in [0.25, 0.3) is 0 Å². The number of hydrogen-bond acceptors (Lipinski definition) is 5. The highest BCUT2D eigenvalue weighted by Gasteiger charge is 2.23. The molecule has 2 aromatic heterocycles. The quantitative estimate of drug-likeness (QED) is 0.180. The van der Waals surface area contributed by atoms with E-state index in [0.29, 0.717) is 30.1 Å². The van der Waals surface area contributed by atoms with Crippen molar-refractivity contribution < 1.29 is 23.0 Å². The third-order valence-corrected chi connectivity index (χ3v) is 5.85. The SMILES string of the molecule is CC.CC.COC.O=Cc1ccc2nc(Cc3cc(F)c(-c4cccc(Cl)n4)cc3F)n(CC3CCO3)c2c1. The van der Waals surface area contributed by atoms with Crippen molar-refractivity contribution in [3.05, 3.63) is 82.3 Å². The summed E-state index contributed by atoms with van der Waals surface area (Å²) in [5.41, 5.74) is 2.45. The van der Waals surface area contributed by atoms with E-state index >= 15 is 4.39 Å². The summed E-state index contributed by atoms with van der Waals surface area (Å²) in [6.07, 6.45) is 1.80. The molecular weight excluding hydrogens is 524 g/mol. The predicted molar refractivity (Wildman–Crippen MR) is 153 cm³/mol. The lowest BCUT2D eigenvalue weighted by atomic mass is 10.0. The fraction of sp³-hybridized carbons (Fsp3) is 0.367. The summed E-state index contributed by atoms with van der Waals surface area (Å²) < 4.78 is 41.6. The van der Waals surface area contributed by atoms with Gasteiger partial charge in [-0.1, -0.05) is 45.4 Å². The average molecular weight is 560 g/mol. The molecule has 9 heteroatoms. The van der Waals surface area contributed by atoms with Crippen LogP contribution in [0.3, 0.4) is 0 Å². The number of carbonyl (C=O) groups excluding carboxylic acids is 1. The van der Waals surface area contributed by atoms with E-state index in [1.54, 1.807) is 50.6 Å². The maximum absolute atomic E-state index is 15.0. The van der Waals surface area contributed by atoms with Gasteiger partial charge in [-0.15, -0.1) is 0 Å². The number of imidazole rings is 1. The minimum absolute atomic E-state index is 0.0314. The minimum Gasteiger partial charge on any atom is -0.388 e. The molecule has 0 amide bonds. The van der Waals surface area contributed by atoms with Crippen LogP contribution in [-0.2, 0) is 22.4 Å². The number of halogens is 3. The number of ether oxygens (including phenoxy) is 2. The first-order valence-corrected chi connectivity index (χ1v) is 13.4. The molecule has 4 aromatic rings. The van der Waals surface area contributed by atoms with E-state index in [1.165, 1.54) is 6.07 Å². The Morgan fingerprint density at radius 1 is 1.05 bits per heavy atom. The second kappa shape index (κ2) is 16.0. The molecule has 0 spiro atoms. The van der Waals surface area contributed by atoms with Crippen molar-refractivity contribution in [3.8, 4) is 11.3 Å². The van der Waals surface area contributed by atoms with Crippen molar-refractivity contribution in [2.24, 2.45) is 0 Å². The molecule has 0 saturated carbocycles. The van der Waals surface area contributed by atoms with Crippen molar-refractivity contribution in [1.29, 1.82) is 0 Å². The fourth-order valence-corrected chi connectivity index (χ4v) is 4.05. The zero-order valence-corrected chi connectivity index (χ0v) is 24.1. The van der Waals surface area contributed by atoms with E-state index in [2.05, 4.69) is 14.7 Å². The molecular formula is C30H36ClF2N3O3. The van der Waals surface area contributed by atoms with Gasteiger partial charge in [-0.05, 0) is 54.4 Å². The number of methoxy groups -OCH3 is 1. The zero-order chi connectivity index (χ0) is 28.9. The summed E-state index contributed by atoms with van der Waals surface area (Å²) in [7, 11) is 3.25. The molecule has 1 atom stereocenters. The Hall–Kier alpha value is -3.20. The van der Waals surface area contributed by atoms with E-state index in [1.807, 2.05) is 32.3 Å².